The van der Waals surface area contributed by atoms with Gasteiger partial charge in [-0.2, -0.15) is 4.31 Å². The summed E-state index contributed by atoms with van der Waals surface area (Å²) in [5.41, 5.74) is -0.583. The molecule has 0 saturated carbocycles. The average molecular weight is 379 g/mol. The molecular formula is C11H11BrN2O6S. The van der Waals surface area contributed by atoms with Gasteiger partial charge in [-0.15, -0.1) is 0 Å². The zero-order chi connectivity index (χ0) is 15.8. The molecule has 8 nitrogen and oxygen atoms in total. The van der Waals surface area contributed by atoms with Gasteiger partial charge in [0.1, 0.15) is 6.04 Å². The normalized spacial score (nSPS) is 19.6. The maximum absolute atomic E-state index is 12.5. The number of benzene rings is 1. The molecule has 1 aromatic rings. The third-order valence-electron chi connectivity index (χ3n) is 3.19. The molecule has 0 amide bonds. The van der Waals surface area contributed by atoms with Crippen molar-refractivity contribution in [3.63, 3.8) is 0 Å². The van der Waals surface area contributed by atoms with Gasteiger partial charge in [0, 0.05) is 17.1 Å². The lowest BCUT2D eigenvalue weighted by atomic mass is 10.2. The molecule has 10 heteroatoms. The lowest BCUT2D eigenvalue weighted by molar-refractivity contribution is -0.387. The van der Waals surface area contributed by atoms with E-state index in [-0.39, 0.29) is 13.0 Å². The number of carbonyl (C=O) groups is 1. The second kappa shape index (κ2) is 5.70. The Labute approximate surface area is 128 Å². The fraction of sp³-hybridized carbons (Fsp3) is 0.364. The molecule has 1 aliphatic heterocycles. The van der Waals surface area contributed by atoms with E-state index in [0.717, 1.165) is 16.4 Å². The van der Waals surface area contributed by atoms with Crippen LogP contribution in [-0.2, 0) is 14.8 Å². The topological polar surface area (TPSA) is 118 Å². The van der Waals surface area contributed by atoms with Gasteiger partial charge in [0.25, 0.3) is 15.7 Å². The van der Waals surface area contributed by atoms with Gasteiger partial charge >= 0.3 is 5.97 Å². The summed E-state index contributed by atoms with van der Waals surface area (Å²) in [7, 11) is -4.24. The average Bonchev–Trinajstić information content (AvgIpc) is 2.88. The number of hydrogen-bond donors (Lipinski definition) is 1. The lowest BCUT2D eigenvalue weighted by Crippen LogP contribution is -2.40. The highest BCUT2D eigenvalue weighted by molar-refractivity contribution is 9.10. The van der Waals surface area contributed by atoms with Crippen LogP contribution in [0.4, 0.5) is 5.69 Å². The number of nitro benzene ring substituents is 1. The molecule has 0 aromatic heterocycles. The Morgan fingerprint density at radius 2 is 2.14 bits per heavy atom. The fourth-order valence-corrected chi connectivity index (χ4v) is 4.39. The van der Waals surface area contributed by atoms with Crippen molar-refractivity contribution in [2.24, 2.45) is 0 Å². The third kappa shape index (κ3) is 2.92. The van der Waals surface area contributed by atoms with Gasteiger partial charge in [-0.25, -0.2) is 8.42 Å². The number of aliphatic carboxylic acids is 1. The van der Waals surface area contributed by atoms with Crippen LogP contribution < -0.4 is 0 Å². The van der Waals surface area contributed by atoms with Crippen LogP contribution in [-0.4, -0.2) is 41.3 Å². The second-order valence-corrected chi connectivity index (χ2v) is 7.26. The summed E-state index contributed by atoms with van der Waals surface area (Å²) < 4.78 is 26.2. The highest BCUT2D eigenvalue weighted by atomic mass is 79.9. The first-order valence-corrected chi connectivity index (χ1v) is 8.17. The zero-order valence-corrected chi connectivity index (χ0v) is 13.0. The van der Waals surface area contributed by atoms with Crippen molar-refractivity contribution >= 4 is 37.6 Å². The molecule has 1 atom stereocenters. The first-order valence-electron chi connectivity index (χ1n) is 5.93. The lowest BCUT2D eigenvalue weighted by Gasteiger charge is -2.20. The minimum absolute atomic E-state index is 0.0342. The van der Waals surface area contributed by atoms with Crippen molar-refractivity contribution in [2.75, 3.05) is 6.54 Å². The predicted octanol–water partition coefficient (Wildman–Crippen LogP) is 1.59. The van der Waals surface area contributed by atoms with Crippen LogP contribution in [0.1, 0.15) is 12.8 Å². The number of nitro groups is 1. The van der Waals surface area contributed by atoms with Crippen LogP contribution in [0.15, 0.2) is 27.6 Å². The van der Waals surface area contributed by atoms with Crippen LogP contribution in [0.2, 0.25) is 0 Å². The van der Waals surface area contributed by atoms with E-state index < -0.39 is 37.5 Å². The quantitative estimate of drug-likeness (QED) is 0.627. The number of sulfonamides is 1. The summed E-state index contributed by atoms with van der Waals surface area (Å²) in [4.78, 5) is 20.9. The Morgan fingerprint density at radius 3 is 2.71 bits per heavy atom. The van der Waals surface area contributed by atoms with Crippen molar-refractivity contribution in [3.05, 3.63) is 32.8 Å². The van der Waals surface area contributed by atoms with E-state index in [0.29, 0.717) is 10.9 Å². The Morgan fingerprint density at radius 1 is 1.48 bits per heavy atom. The summed E-state index contributed by atoms with van der Waals surface area (Å²) >= 11 is 3.04. The van der Waals surface area contributed by atoms with Crippen LogP contribution in [0.5, 0.6) is 0 Å². The molecule has 21 heavy (non-hydrogen) atoms. The minimum atomic E-state index is -4.24. The molecule has 1 aliphatic rings. The Kier molecular flexibility index (Phi) is 4.30. The number of rotatable bonds is 4. The van der Waals surface area contributed by atoms with Gasteiger partial charge in [0.05, 0.1) is 4.92 Å². The fourth-order valence-electron chi connectivity index (χ4n) is 2.25. The monoisotopic (exact) mass is 378 g/mol. The molecule has 0 spiro atoms. The predicted molar refractivity (Wildman–Crippen MR) is 75.3 cm³/mol. The maximum atomic E-state index is 12.5. The maximum Gasteiger partial charge on any atom is 0.322 e. The number of halogens is 1. The Hall–Kier alpha value is -1.52. The highest BCUT2D eigenvalue weighted by Crippen LogP contribution is 2.33. The van der Waals surface area contributed by atoms with Gasteiger partial charge in [0.15, 0.2) is 4.90 Å². The van der Waals surface area contributed by atoms with Gasteiger partial charge in [0.2, 0.25) is 0 Å². The Balaban J connectivity index is 2.54. The van der Waals surface area contributed by atoms with Gasteiger partial charge in [-0.05, 0) is 25.0 Å². The molecular weight excluding hydrogens is 368 g/mol. The molecule has 1 saturated heterocycles. The molecule has 1 fully saturated rings. The molecule has 114 valence electrons. The van der Waals surface area contributed by atoms with E-state index in [9.17, 15) is 23.3 Å². The van der Waals surface area contributed by atoms with Crippen molar-refractivity contribution in [3.8, 4) is 0 Å². The van der Waals surface area contributed by atoms with Crippen molar-refractivity contribution < 1.29 is 23.2 Å². The van der Waals surface area contributed by atoms with E-state index >= 15 is 0 Å². The molecule has 0 radical (unpaired) electrons. The zero-order valence-electron chi connectivity index (χ0n) is 10.6. The van der Waals surface area contributed by atoms with Gasteiger partial charge < -0.3 is 5.11 Å². The smallest absolute Gasteiger partial charge is 0.322 e. The molecule has 1 N–H and O–H groups in total. The highest BCUT2D eigenvalue weighted by Gasteiger charge is 2.42. The second-order valence-electron chi connectivity index (χ2n) is 4.48. The van der Waals surface area contributed by atoms with Crippen LogP contribution in [0, 0.1) is 10.1 Å². The molecule has 1 heterocycles. The molecule has 0 aliphatic carbocycles. The summed E-state index contributed by atoms with van der Waals surface area (Å²) in [5, 5.41) is 20.1. The van der Waals surface area contributed by atoms with E-state index in [1.54, 1.807) is 0 Å². The molecule has 1 unspecified atom stereocenters. The van der Waals surface area contributed by atoms with Gasteiger partial charge in [-0.1, -0.05) is 15.9 Å². The van der Waals surface area contributed by atoms with Crippen molar-refractivity contribution in [2.45, 2.75) is 23.8 Å². The largest absolute Gasteiger partial charge is 0.480 e. The van der Waals surface area contributed by atoms with Crippen molar-refractivity contribution in [1.29, 1.82) is 0 Å². The molecule has 1 aromatic carbocycles. The summed E-state index contributed by atoms with van der Waals surface area (Å²) in [6.45, 7) is 0.0342. The first kappa shape index (κ1) is 15.9. The van der Waals surface area contributed by atoms with Crippen LogP contribution >= 0.6 is 15.9 Å². The van der Waals surface area contributed by atoms with E-state index in [1.165, 1.54) is 6.07 Å². The van der Waals surface area contributed by atoms with Crippen LogP contribution in [0.3, 0.4) is 0 Å². The first-order chi connectivity index (χ1) is 9.75. The van der Waals surface area contributed by atoms with E-state index in [4.69, 9.17) is 5.11 Å². The van der Waals surface area contributed by atoms with Crippen molar-refractivity contribution in [1.82, 2.24) is 4.31 Å². The summed E-state index contributed by atoms with van der Waals surface area (Å²) in [6.07, 6.45) is 0.597. The standard InChI is InChI=1S/C11H11BrN2O6S/c12-7-3-4-10(9(6-7)14(17)18)21(19,20)13-5-1-2-8(13)11(15)16/h3-4,6,8H,1-2,5H2,(H,15,16). The van der Waals surface area contributed by atoms with E-state index in [2.05, 4.69) is 15.9 Å². The summed E-state index contributed by atoms with van der Waals surface area (Å²) in [5.74, 6) is -1.25. The number of carboxylic acids is 1. The Bertz CT molecular complexity index is 705. The molecule has 2 rings (SSSR count). The number of carboxylic acid groups (broad SMARTS) is 1. The SMILES string of the molecule is O=C(O)C1CCCN1S(=O)(=O)c1ccc(Br)cc1[N+](=O)[O-]. The van der Waals surface area contributed by atoms with E-state index in [1.807, 2.05) is 0 Å². The number of hydrogen-bond acceptors (Lipinski definition) is 5. The molecule has 0 bridgehead atoms. The third-order valence-corrected chi connectivity index (χ3v) is 5.64. The van der Waals surface area contributed by atoms with Crippen LogP contribution in [0.25, 0.3) is 0 Å². The summed E-state index contributed by atoms with van der Waals surface area (Å²) in [6, 6.07) is 2.37. The number of nitrogens with zero attached hydrogens (tertiary/aromatic N) is 2. The van der Waals surface area contributed by atoms with Gasteiger partial charge in [-0.3, -0.25) is 14.9 Å². The minimum Gasteiger partial charge on any atom is -0.480 e.